The van der Waals surface area contributed by atoms with Gasteiger partial charge in [0.25, 0.3) is 5.91 Å². The molecule has 3 heterocycles. The molecule has 11 heteroatoms. The Morgan fingerprint density at radius 1 is 1.28 bits per heavy atom. The molecule has 0 saturated carbocycles. The summed E-state index contributed by atoms with van der Waals surface area (Å²) in [6.07, 6.45) is 2.79. The molecule has 0 bridgehead atoms. The highest BCUT2D eigenvalue weighted by molar-refractivity contribution is 8.23. The van der Waals surface area contributed by atoms with Gasteiger partial charge >= 0.3 is 0 Å². The Morgan fingerprint density at radius 2 is 2.12 bits per heavy atom. The van der Waals surface area contributed by atoms with E-state index in [1.165, 1.54) is 18.5 Å². The summed E-state index contributed by atoms with van der Waals surface area (Å²) in [6, 6.07) is 10.5. The lowest BCUT2D eigenvalue weighted by atomic mass is 10.1. The van der Waals surface area contributed by atoms with Crippen molar-refractivity contribution in [1.29, 1.82) is 0 Å². The van der Waals surface area contributed by atoms with Crippen molar-refractivity contribution in [2.45, 2.75) is 18.7 Å². The molecule has 1 fully saturated rings. The van der Waals surface area contributed by atoms with Crippen molar-refractivity contribution in [3.63, 3.8) is 0 Å². The number of benzene rings is 1. The lowest BCUT2D eigenvalue weighted by Crippen LogP contribution is -2.44. The van der Waals surface area contributed by atoms with Crippen molar-refractivity contribution >= 4 is 28.0 Å². The van der Waals surface area contributed by atoms with E-state index in [1.807, 2.05) is 13.0 Å². The first-order valence-corrected chi connectivity index (χ1v) is 12.2. The molecule has 2 aromatic heterocycles. The van der Waals surface area contributed by atoms with Gasteiger partial charge in [-0.1, -0.05) is 17.3 Å². The zero-order valence-corrected chi connectivity index (χ0v) is 18.6. The third-order valence-electron chi connectivity index (χ3n) is 4.89. The number of nitrogens with one attached hydrogen (secondary N) is 1. The number of rotatable bonds is 6. The number of nitrogens with zero attached hydrogens (tertiary/aromatic N) is 4. The second kappa shape index (κ2) is 9.25. The van der Waals surface area contributed by atoms with Crippen LogP contribution in [-0.4, -0.2) is 62.2 Å². The van der Waals surface area contributed by atoms with Crippen LogP contribution in [0.1, 0.15) is 23.2 Å². The topological polar surface area (TPSA) is 134 Å². The molecule has 1 aromatic carbocycles. The third kappa shape index (κ3) is 5.43. The highest BCUT2D eigenvalue weighted by Gasteiger charge is 2.23. The fourth-order valence-electron chi connectivity index (χ4n) is 3.44. The van der Waals surface area contributed by atoms with E-state index in [0.29, 0.717) is 48.3 Å². The minimum atomic E-state index is -2.79. The summed E-state index contributed by atoms with van der Waals surface area (Å²) in [7, 11) is -2.79. The minimum Gasteiger partial charge on any atom is -0.377 e. The minimum absolute atomic E-state index is 0.0240. The Bertz CT molecular complexity index is 1090. The van der Waals surface area contributed by atoms with Crippen LogP contribution in [0.15, 0.2) is 47.1 Å². The standard InChI is InChI=1S/C21H25N5O5S/c1-14-12-30-9-8-26(14)19-11-17(13-32(2,28)29)23-20(25-19)15-4-3-5-16(10-15)24-21(27)18-6-7-22-31-18/h3-7,10-11,14,28-29H,8-9,12-13H2,1-2H3,(H,24,27)/t14-/m0/s1. The van der Waals surface area contributed by atoms with Gasteiger partial charge in [-0.2, -0.15) is 10.6 Å². The molecule has 32 heavy (non-hydrogen) atoms. The number of anilines is 2. The predicted octanol–water partition coefficient (Wildman–Crippen LogP) is 3.49. The molecule has 170 valence electrons. The van der Waals surface area contributed by atoms with E-state index in [9.17, 15) is 13.9 Å². The summed E-state index contributed by atoms with van der Waals surface area (Å²) in [4.78, 5) is 23.7. The summed E-state index contributed by atoms with van der Waals surface area (Å²) in [5, 5.41) is 6.30. The molecule has 1 saturated heterocycles. The largest absolute Gasteiger partial charge is 0.377 e. The fraction of sp³-hybridized carbons (Fsp3) is 0.333. The Hall–Kier alpha value is -2.99. The van der Waals surface area contributed by atoms with Crippen LogP contribution in [0.3, 0.4) is 0 Å². The molecule has 0 unspecified atom stereocenters. The van der Waals surface area contributed by atoms with E-state index >= 15 is 0 Å². The first-order chi connectivity index (χ1) is 15.3. The average molecular weight is 460 g/mol. The molecule has 1 amide bonds. The monoisotopic (exact) mass is 459 g/mol. The summed E-state index contributed by atoms with van der Waals surface area (Å²) in [5.41, 5.74) is 1.75. The van der Waals surface area contributed by atoms with Gasteiger partial charge in [-0.05, 0) is 19.1 Å². The van der Waals surface area contributed by atoms with E-state index in [1.54, 1.807) is 24.3 Å². The lowest BCUT2D eigenvalue weighted by molar-refractivity contribution is 0.0984. The van der Waals surface area contributed by atoms with Crippen molar-refractivity contribution in [2.24, 2.45) is 0 Å². The molecule has 0 aliphatic carbocycles. The number of amides is 1. The second-order valence-corrected chi connectivity index (χ2v) is 9.98. The molecule has 0 radical (unpaired) electrons. The van der Waals surface area contributed by atoms with E-state index in [-0.39, 0.29) is 17.6 Å². The van der Waals surface area contributed by atoms with Gasteiger partial charge in [-0.3, -0.25) is 13.9 Å². The summed E-state index contributed by atoms with van der Waals surface area (Å²) in [6.45, 7) is 3.90. The number of morpholine rings is 1. The first-order valence-electron chi connectivity index (χ1n) is 10.0. The predicted molar refractivity (Wildman–Crippen MR) is 122 cm³/mol. The van der Waals surface area contributed by atoms with Gasteiger partial charge in [0.05, 0.1) is 36.9 Å². The smallest absolute Gasteiger partial charge is 0.294 e. The normalized spacial score (nSPS) is 17.2. The molecule has 4 rings (SSSR count). The molecule has 1 atom stereocenters. The van der Waals surface area contributed by atoms with Crippen LogP contribution >= 0.6 is 10.6 Å². The summed E-state index contributed by atoms with van der Waals surface area (Å²) in [5.74, 6) is 0.828. The molecule has 1 aliphatic rings. The Kier molecular flexibility index (Phi) is 6.42. The Morgan fingerprint density at radius 3 is 2.84 bits per heavy atom. The van der Waals surface area contributed by atoms with Crippen LogP contribution in [0, 0.1) is 0 Å². The van der Waals surface area contributed by atoms with Gasteiger partial charge < -0.3 is 19.5 Å². The quantitative estimate of drug-likeness (QED) is 0.506. The van der Waals surface area contributed by atoms with Gasteiger partial charge in [0, 0.05) is 36.2 Å². The van der Waals surface area contributed by atoms with Crippen LogP contribution in [0.5, 0.6) is 0 Å². The van der Waals surface area contributed by atoms with E-state index in [2.05, 4.69) is 20.4 Å². The number of carbonyl (C=O) groups is 1. The Labute approximate surface area is 187 Å². The van der Waals surface area contributed by atoms with Gasteiger partial charge in [0.1, 0.15) is 5.82 Å². The molecule has 3 N–H and O–H groups in total. The van der Waals surface area contributed by atoms with Crippen LogP contribution in [0.2, 0.25) is 0 Å². The highest BCUT2D eigenvalue weighted by Crippen LogP contribution is 2.38. The Balaban J connectivity index is 1.68. The SMILES string of the molecule is C[C@H]1COCCN1c1cc(CS(C)(O)O)nc(-c2cccc(NC(=O)c3ccno3)c2)n1. The third-order valence-corrected chi connectivity index (χ3v) is 5.73. The highest BCUT2D eigenvalue weighted by atomic mass is 32.3. The van der Waals surface area contributed by atoms with Crippen LogP contribution < -0.4 is 10.2 Å². The average Bonchev–Trinajstić information content (AvgIpc) is 3.28. The fourth-order valence-corrected chi connectivity index (χ4v) is 4.15. The first kappa shape index (κ1) is 22.2. The van der Waals surface area contributed by atoms with E-state index in [4.69, 9.17) is 14.2 Å². The van der Waals surface area contributed by atoms with Gasteiger partial charge in [-0.25, -0.2) is 9.97 Å². The van der Waals surface area contributed by atoms with Crippen molar-refractivity contribution in [3.8, 4) is 11.4 Å². The van der Waals surface area contributed by atoms with Crippen LogP contribution in [0.4, 0.5) is 11.5 Å². The number of hydrogen-bond acceptors (Lipinski definition) is 9. The van der Waals surface area contributed by atoms with Crippen molar-refractivity contribution in [2.75, 3.05) is 36.2 Å². The van der Waals surface area contributed by atoms with E-state index in [0.717, 1.165) is 0 Å². The zero-order chi connectivity index (χ0) is 22.7. The maximum atomic E-state index is 12.3. The van der Waals surface area contributed by atoms with Crippen LogP contribution in [-0.2, 0) is 10.5 Å². The van der Waals surface area contributed by atoms with Crippen molar-refractivity contribution in [1.82, 2.24) is 15.1 Å². The second-order valence-electron chi connectivity index (χ2n) is 7.71. The molecule has 10 nitrogen and oxygen atoms in total. The van der Waals surface area contributed by atoms with E-state index < -0.39 is 16.5 Å². The van der Waals surface area contributed by atoms with Crippen LogP contribution in [0.25, 0.3) is 11.4 Å². The number of aromatic nitrogens is 3. The lowest BCUT2D eigenvalue weighted by Gasteiger charge is -2.35. The molecular formula is C21H25N5O5S. The zero-order valence-electron chi connectivity index (χ0n) is 17.8. The number of hydrogen-bond donors (Lipinski definition) is 3. The van der Waals surface area contributed by atoms with Crippen molar-refractivity contribution in [3.05, 3.63) is 54.0 Å². The molecule has 0 spiro atoms. The van der Waals surface area contributed by atoms with Gasteiger partial charge in [0.2, 0.25) is 5.76 Å². The molecular weight excluding hydrogens is 434 g/mol. The van der Waals surface area contributed by atoms with Gasteiger partial charge in [-0.15, -0.1) is 0 Å². The van der Waals surface area contributed by atoms with Gasteiger partial charge in [0.15, 0.2) is 5.82 Å². The molecule has 3 aromatic rings. The number of ether oxygens (including phenoxy) is 1. The maximum absolute atomic E-state index is 12.3. The summed E-state index contributed by atoms with van der Waals surface area (Å²) < 4.78 is 30.4. The van der Waals surface area contributed by atoms with Crippen molar-refractivity contribution < 1.29 is 23.2 Å². The summed E-state index contributed by atoms with van der Waals surface area (Å²) >= 11 is 0. The molecule has 1 aliphatic heterocycles. The maximum Gasteiger partial charge on any atom is 0.294 e. The number of carbonyl (C=O) groups excluding carboxylic acids is 1.